The second-order valence-corrected chi connectivity index (χ2v) is 1.77. The smallest absolute Gasteiger partial charge is 0 e. The number of hydrogen-bond donors (Lipinski definition) is 0. The van der Waals surface area contributed by atoms with Crippen LogP contribution in [0.25, 0.3) is 0 Å². The van der Waals surface area contributed by atoms with Crippen molar-refractivity contribution in [3.8, 4) is 0 Å². The quantitative estimate of drug-likeness (QED) is 0.358. The van der Waals surface area contributed by atoms with Crippen molar-refractivity contribution >= 4 is 0 Å². The van der Waals surface area contributed by atoms with Crippen molar-refractivity contribution in [2.24, 2.45) is 0 Å². The third-order valence-corrected chi connectivity index (χ3v) is 1.000. The zero-order valence-electron chi connectivity index (χ0n) is 5.95. The van der Waals surface area contributed by atoms with Crippen LogP contribution in [-0.4, -0.2) is 0 Å². The van der Waals surface area contributed by atoms with Crippen molar-refractivity contribution in [2.45, 2.75) is 32.1 Å². The predicted octanol–water partition coefficient (Wildman–Crippen LogP) is 2.61. The Morgan fingerprint density at radius 2 is 1.00 bits per heavy atom. The van der Waals surface area contributed by atoms with Gasteiger partial charge in [0.25, 0.3) is 0 Å². The second-order valence-electron chi connectivity index (χ2n) is 1.77. The van der Waals surface area contributed by atoms with Crippen LogP contribution in [0.5, 0.6) is 0 Å². The Balaban J connectivity index is -0.000000180. The summed E-state index contributed by atoms with van der Waals surface area (Å²) in [5, 5.41) is 0. The molecule has 0 aliphatic rings. The van der Waals surface area contributed by atoms with Gasteiger partial charge in [0.2, 0.25) is 0 Å². The van der Waals surface area contributed by atoms with Gasteiger partial charge < -0.3 is 13.8 Å². The Kier molecular flexibility index (Phi) is 31.8. The molecule has 9 heavy (non-hydrogen) atoms. The summed E-state index contributed by atoms with van der Waals surface area (Å²) in [4.78, 5) is 0. The third-order valence-electron chi connectivity index (χ3n) is 1.000. The Hall–Kier alpha value is 2.10. The van der Waals surface area contributed by atoms with Crippen LogP contribution in [0.4, 0.5) is 0 Å². The standard InChI is InChI=1S/C7H14.2U/c1-3-5-7-6-4-2;;/h1-7H2;;/q-2;;. The van der Waals surface area contributed by atoms with E-state index in [0.717, 1.165) is 12.8 Å². The van der Waals surface area contributed by atoms with E-state index in [1.165, 1.54) is 19.3 Å². The Morgan fingerprint density at radius 3 is 1.22 bits per heavy atom. The van der Waals surface area contributed by atoms with E-state index in [1.807, 2.05) is 0 Å². The molecule has 0 aliphatic carbocycles. The van der Waals surface area contributed by atoms with Gasteiger partial charge in [0.1, 0.15) is 0 Å². The minimum atomic E-state index is 0. The molecule has 0 nitrogen and oxygen atoms in total. The zero-order valence-corrected chi connectivity index (χ0v) is 14.3. The van der Waals surface area contributed by atoms with Gasteiger partial charge in [-0.05, 0) is 0 Å². The van der Waals surface area contributed by atoms with Crippen LogP contribution < -0.4 is 0 Å². The number of rotatable bonds is 4. The molecule has 0 saturated carbocycles. The van der Waals surface area contributed by atoms with Crippen molar-refractivity contribution in [2.75, 3.05) is 0 Å². The maximum absolute atomic E-state index is 3.74. The van der Waals surface area contributed by atoms with Crippen molar-refractivity contribution in [3.63, 3.8) is 0 Å². The normalized spacial score (nSPS) is 7.33. The number of unbranched alkanes of at least 4 members (excludes halogenated alkanes) is 4. The van der Waals surface area contributed by atoms with Crippen LogP contribution >= 0.6 is 0 Å². The van der Waals surface area contributed by atoms with Crippen LogP contribution in [0.2, 0.25) is 0 Å². The Bertz CT molecular complexity index is 26.1. The molecule has 0 bridgehead atoms. The molecule has 0 aliphatic heterocycles. The molecule has 52 valence electrons. The SMILES string of the molecule is [CH2-]CCCCC[CH2-].[U].[U]. The summed E-state index contributed by atoms with van der Waals surface area (Å²) in [5.74, 6) is 0. The first-order valence-corrected chi connectivity index (χ1v) is 3.00. The first kappa shape index (κ1) is 17.3. The fraction of sp³-hybridized carbons (Fsp3) is 0.714. The predicted molar refractivity (Wildman–Crippen MR) is 33.8 cm³/mol. The van der Waals surface area contributed by atoms with Gasteiger partial charge in [0.15, 0.2) is 0 Å². The average Bonchev–Trinajstić information content (AvgIpc) is 1.69. The van der Waals surface area contributed by atoms with Gasteiger partial charge in [-0.2, -0.15) is 12.8 Å². The summed E-state index contributed by atoms with van der Waals surface area (Å²) in [7, 11) is 0. The molecule has 0 heterocycles. The largest absolute Gasteiger partial charge is 0.343 e. The van der Waals surface area contributed by atoms with E-state index < -0.39 is 0 Å². The van der Waals surface area contributed by atoms with Gasteiger partial charge in [-0.3, -0.25) is 0 Å². The molecule has 0 N–H and O–H groups in total. The van der Waals surface area contributed by atoms with Gasteiger partial charge in [-0.25, -0.2) is 0 Å². The van der Waals surface area contributed by atoms with Gasteiger partial charge >= 0.3 is 0 Å². The van der Waals surface area contributed by atoms with Crippen molar-refractivity contribution < 1.29 is 62.2 Å². The summed E-state index contributed by atoms with van der Waals surface area (Å²) in [6.45, 7) is 7.47. The molecule has 0 aromatic heterocycles. The molecular formula is C7H14U2-2. The zero-order chi connectivity index (χ0) is 5.54. The molecule has 0 spiro atoms. The van der Waals surface area contributed by atoms with Crippen LogP contribution in [0.15, 0.2) is 0 Å². The van der Waals surface area contributed by atoms with E-state index in [1.54, 1.807) is 0 Å². The third kappa shape index (κ3) is 17.8. The van der Waals surface area contributed by atoms with Crippen LogP contribution in [-0.2, 0) is 0 Å². The minimum absolute atomic E-state index is 0. The molecule has 0 aromatic rings. The molecule has 0 atom stereocenters. The van der Waals surface area contributed by atoms with Crippen LogP contribution in [0.3, 0.4) is 0 Å². The van der Waals surface area contributed by atoms with Crippen LogP contribution in [0.1, 0.15) is 32.1 Å². The first-order valence-electron chi connectivity index (χ1n) is 3.00. The monoisotopic (exact) mass is 574 g/mol. The van der Waals surface area contributed by atoms with E-state index in [9.17, 15) is 0 Å². The van der Waals surface area contributed by atoms with E-state index in [4.69, 9.17) is 0 Å². The van der Waals surface area contributed by atoms with Crippen LogP contribution in [0, 0.1) is 76.1 Å². The second kappa shape index (κ2) is 16.6. The van der Waals surface area contributed by atoms with Gasteiger partial charge in [-0.1, -0.05) is 19.3 Å². The molecule has 2 heteroatoms. The first-order chi connectivity index (χ1) is 3.41. The van der Waals surface area contributed by atoms with Crippen molar-refractivity contribution in [3.05, 3.63) is 13.8 Å². The van der Waals surface area contributed by atoms with E-state index in [2.05, 4.69) is 13.8 Å². The van der Waals surface area contributed by atoms with Gasteiger partial charge in [0, 0.05) is 62.2 Å². The molecule has 0 rings (SSSR count). The Morgan fingerprint density at radius 1 is 0.667 bits per heavy atom. The fourth-order valence-electron chi connectivity index (χ4n) is 0.530. The maximum Gasteiger partial charge on any atom is 0 e. The summed E-state index contributed by atoms with van der Waals surface area (Å²) in [6, 6.07) is 0. The van der Waals surface area contributed by atoms with E-state index >= 15 is 0 Å². The number of hydrogen-bond acceptors (Lipinski definition) is 0. The Labute approximate surface area is 107 Å². The summed E-state index contributed by atoms with van der Waals surface area (Å²) < 4.78 is 0. The summed E-state index contributed by atoms with van der Waals surface area (Å²) in [5.41, 5.74) is 0. The van der Waals surface area contributed by atoms with Crippen molar-refractivity contribution in [1.29, 1.82) is 0 Å². The average molecular weight is 574 g/mol. The molecule has 0 saturated heterocycles. The fourth-order valence-corrected chi connectivity index (χ4v) is 0.530. The molecule has 0 radical (unpaired) electrons. The van der Waals surface area contributed by atoms with Crippen molar-refractivity contribution in [1.82, 2.24) is 0 Å². The minimum Gasteiger partial charge on any atom is -0.343 e. The molecular weight excluding hydrogens is 560 g/mol. The van der Waals surface area contributed by atoms with Gasteiger partial charge in [-0.15, -0.1) is 0 Å². The molecule has 0 amide bonds. The summed E-state index contributed by atoms with van der Waals surface area (Å²) >= 11 is 0. The van der Waals surface area contributed by atoms with E-state index in [-0.39, 0.29) is 62.2 Å². The van der Waals surface area contributed by atoms with E-state index in [0.29, 0.717) is 0 Å². The van der Waals surface area contributed by atoms with Gasteiger partial charge in [0.05, 0.1) is 0 Å². The molecule has 0 unspecified atom stereocenters. The molecule has 0 aromatic carbocycles. The topological polar surface area (TPSA) is 0 Å². The summed E-state index contributed by atoms with van der Waals surface area (Å²) in [6.07, 6.45) is 6.03. The maximum atomic E-state index is 3.74. The molecule has 0 fully saturated rings.